The van der Waals surface area contributed by atoms with Gasteiger partial charge >= 0.3 is 5.97 Å². The Hall–Kier alpha value is -2.24. The lowest BCUT2D eigenvalue weighted by molar-refractivity contribution is -0.145. The molecule has 3 fully saturated rings. The molecule has 0 spiro atoms. The summed E-state index contributed by atoms with van der Waals surface area (Å²) in [4.78, 5) is 17.3. The van der Waals surface area contributed by atoms with Gasteiger partial charge in [0.25, 0.3) is 0 Å². The first-order valence-corrected chi connectivity index (χ1v) is 15.1. The number of rotatable bonds is 10. The third kappa shape index (κ3) is 7.04. The normalized spacial score (nSPS) is 25.0. The number of piperidine rings is 1. The van der Waals surface area contributed by atoms with Crippen molar-refractivity contribution in [3.05, 3.63) is 71.5 Å². The highest BCUT2D eigenvalue weighted by Crippen LogP contribution is 2.39. The summed E-state index contributed by atoms with van der Waals surface area (Å²) in [6.45, 7) is 4.73. The molecular weight excluding hydrogens is 475 g/mol. The Balaban J connectivity index is 1.19. The topological polar surface area (TPSA) is 43.8 Å². The molecule has 0 radical (unpaired) electrons. The van der Waals surface area contributed by atoms with Crippen molar-refractivity contribution in [2.45, 2.75) is 76.2 Å². The van der Waals surface area contributed by atoms with Crippen LogP contribution in [0.15, 0.2) is 54.6 Å². The molecule has 1 saturated carbocycles. The highest BCUT2D eigenvalue weighted by Gasteiger charge is 2.43. The minimum atomic E-state index is -0.674. The van der Waals surface area contributed by atoms with E-state index in [0.717, 1.165) is 69.9 Å². The molecule has 0 bridgehead atoms. The second-order valence-electron chi connectivity index (χ2n) is 12.2. The maximum atomic E-state index is 14.2. The molecule has 2 saturated heterocycles. The third-order valence-corrected chi connectivity index (χ3v) is 9.61. The molecule has 1 N–H and O–H groups in total. The van der Waals surface area contributed by atoms with Crippen LogP contribution in [-0.4, -0.2) is 59.6 Å². The van der Waals surface area contributed by atoms with Gasteiger partial charge in [0, 0.05) is 25.6 Å². The Morgan fingerprint density at radius 2 is 1.71 bits per heavy atom. The van der Waals surface area contributed by atoms with Gasteiger partial charge in [-0.1, -0.05) is 68.1 Å². The van der Waals surface area contributed by atoms with Crippen LogP contribution in [-0.2, 0) is 11.2 Å². The minimum absolute atomic E-state index is 0.180. The van der Waals surface area contributed by atoms with Gasteiger partial charge in [-0.2, -0.15) is 0 Å². The standard InChI is InChI=1S/C33H45FN2O2/c34-30-16-8-15-28(21-30)31-24-36(32(33(37)38)27-13-5-2-6-14-27)23-29(31)22-35-19-17-26(18-20-35)12-7-11-25-9-3-1-4-10-25/h1,3-4,8-10,15-16,21,26-27,29,31-32H,2,5-7,11-14,17-20,22-24H2,(H,37,38). The fourth-order valence-electron chi connectivity index (χ4n) is 7.57. The summed E-state index contributed by atoms with van der Waals surface area (Å²) >= 11 is 0. The van der Waals surface area contributed by atoms with Gasteiger partial charge in [-0.05, 0) is 92.6 Å². The first-order chi connectivity index (χ1) is 18.6. The molecule has 3 aliphatic rings. The number of likely N-dealkylation sites (tertiary alicyclic amines) is 2. The summed E-state index contributed by atoms with van der Waals surface area (Å²) in [5, 5.41) is 10.3. The summed E-state index contributed by atoms with van der Waals surface area (Å²) in [7, 11) is 0. The van der Waals surface area contributed by atoms with Gasteiger partial charge in [0.1, 0.15) is 11.9 Å². The Bertz CT molecular complexity index is 1020. The minimum Gasteiger partial charge on any atom is -0.480 e. The van der Waals surface area contributed by atoms with Crippen LogP contribution in [0.1, 0.15) is 74.8 Å². The monoisotopic (exact) mass is 520 g/mol. The number of halogens is 1. The summed E-state index contributed by atoms with van der Waals surface area (Å²) in [6.07, 6.45) is 11.7. The number of aliphatic carboxylic acids is 1. The highest BCUT2D eigenvalue weighted by molar-refractivity contribution is 5.74. The number of carbonyl (C=O) groups is 1. The highest BCUT2D eigenvalue weighted by atomic mass is 19.1. The molecule has 206 valence electrons. The van der Waals surface area contributed by atoms with E-state index >= 15 is 0 Å². The number of hydrogen-bond donors (Lipinski definition) is 1. The van der Waals surface area contributed by atoms with E-state index in [0.29, 0.717) is 5.92 Å². The average molecular weight is 521 g/mol. The zero-order chi connectivity index (χ0) is 26.3. The number of aryl methyl sites for hydroxylation is 1. The largest absolute Gasteiger partial charge is 0.480 e. The number of hydrogen-bond acceptors (Lipinski definition) is 3. The van der Waals surface area contributed by atoms with Crippen LogP contribution in [0.3, 0.4) is 0 Å². The van der Waals surface area contributed by atoms with Crippen molar-refractivity contribution in [1.82, 2.24) is 9.80 Å². The van der Waals surface area contributed by atoms with Crippen molar-refractivity contribution >= 4 is 5.97 Å². The van der Waals surface area contributed by atoms with Gasteiger partial charge in [-0.15, -0.1) is 0 Å². The van der Waals surface area contributed by atoms with Crippen LogP contribution in [0.4, 0.5) is 4.39 Å². The Kier molecular flexibility index (Phi) is 9.50. The van der Waals surface area contributed by atoms with Crippen molar-refractivity contribution in [3.8, 4) is 0 Å². The number of benzene rings is 2. The summed E-state index contributed by atoms with van der Waals surface area (Å²) in [5.41, 5.74) is 2.47. The molecular formula is C33H45FN2O2. The second kappa shape index (κ2) is 13.2. The van der Waals surface area contributed by atoms with Crippen molar-refractivity contribution in [2.75, 3.05) is 32.7 Å². The van der Waals surface area contributed by atoms with E-state index in [1.165, 1.54) is 50.2 Å². The van der Waals surface area contributed by atoms with Gasteiger partial charge < -0.3 is 10.0 Å². The molecule has 2 aromatic rings. The zero-order valence-corrected chi connectivity index (χ0v) is 22.8. The van der Waals surface area contributed by atoms with Crippen molar-refractivity contribution in [2.24, 2.45) is 17.8 Å². The zero-order valence-electron chi connectivity index (χ0n) is 22.8. The second-order valence-corrected chi connectivity index (χ2v) is 12.2. The van der Waals surface area contributed by atoms with E-state index in [2.05, 4.69) is 40.1 Å². The van der Waals surface area contributed by atoms with E-state index in [1.54, 1.807) is 12.1 Å². The third-order valence-electron chi connectivity index (χ3n) is 9.61. The molecule has 5 rings (SSSR count). The molecule has 0 aromatic heterocycles. The lowest BCUT2D eigenvalue weighted by Crippen LogP contribution is -2.46. The lowest BCUT2D eigenvalue weighted by atomic mass is 9.83. The Labute approximate surface area is 228 Å². The fourth-order valence-corrected chi connectivity index (χ4v) is 7.57. The van der Waals surface area contributed by atoms with Crippen LogP contribution in [0, 0.1) is 23.6 Å². The molecule has 2 aliphatic heterocycles. The average Bonchev–Trinajstić information content (AvgIpc) is 3.33. The van der Waals surface area contributed by atoms with E-state index in [1.807, 2.05) is 6.07 Å². The fraction of sp³-hybridized carbons (Fsp3) is 0.606. The van der Waals surface area contributed by atoms with E-state index in [-0.39, 0.29) is 17.7 Å². The Morgan fingerprint density at radius 1 is 0.947 bits per heavy atom. The molecule has 0 amide bonds. The van der Waals surface area contributed by atoms with Crippen molar-refractivity contribution < 1.29 is 14.3 Å². The molecule has 1 aliphatic carbocycles. The van der Waals surface area contributed by atoms with Gasteiger partial charge in [0.05, 0.1) is 0 Å². The smallest absolute Gasteiger partial charge is 0.321 e. The summed E-state index contributed by atoms with van der Waals surface area (Å²) in [5.74, 6) is 0.679. The predicted octanol–water partition coefficient (Wildman–Crippen LogP) is 6.61. The lowest BCUT2D eigenvalue weighted by Gasteiger charge is -2.35. The molecule has 4 nitrogen and oxygen atoms in total. The number of carboxylic acids is 1. The maximum Gasteiger partial charge on any atom is 0.321 e. The van der Waals surface area contributed by atoms with Crippen LogP contribution in [0.2, 0.25) is 0 Å². The van der Waals surface area contributed by atoms with Crippen molar-refractivity contribution in [1.29, 1.82) is 0 Å². The molecule has 3 unspecified atom stereocenters. The van der Waals surface area contributed by atoms with Crippen LogP contribution >= 0.6 is 0 Å². The predicted molar refractivity (Wildman–Crippen MR) is 151 cm³/mol. The SMILES string of the molecule is O=C(O)C(C1CCCCC1)N1CC(CN2CCC(CCCc3ccccc3)CC2)C(c2cccc(F)c2)C1. The van der Waals surface area contributed by atoms with Crippen molar-refractivity contribution in [3.63, 3.8) is 0 Å². The van der Waals surface area contributed by atoms with Gasteiger partial charge in [0.15, 0.2) is 0 Å². The van der Waals surface area contributed by atoms with Crippen LogP contribution in [0.25, 0.3) is 0 Å². The molecule has 2 aromatic carbocycles. The van der Waals surface area contributed by atoms with Gasteiger partial charge in [-0.3, -0.25) is 9.69 Å². The molecule has 2 heterocycles. The first-order valence-electron chi connectivity index (χ1n) is 15.1. The van der Waals surface area contributed by atoms with E-state index in [9.17, 15) is 14.3 Å². The van der Waals surface area contributed by atoms with Crippen LogP contribution < -0.4 is 0 Å². The first kappa shape index (κ1) is 27.3. The summed E-state index contributed by atoms with van der Waals surface area (Å²) in [6, 6.07) is 17.4. The maximum absolute atomic E-state index is 14.2. The molecule has 3 atom stereocenters. The molecule has 38 heavy (non-hydrogen) atoms. The van der Waals surface area contributed by atoms with E-state index in [4.69, 9.17) is 0 Å². The summed E-state index contributed by atoms with van der Waals surface area (Å²) < 4.78 is 14.2. The Morgan fingerprint density at radius 3 is 2.42 bits per heavy atom. The quantitative estimate of drug-likeness (QED) is 0.383. The van der Waals surface area contributed by atoms with E-state index < -0.39 is 12.0 Å². The van der Waals surface area contributed by atoms with Crippen LogP contribution in [0.5, 0.6) is 0 Å². The molecule has 5 heteroatoms. The van der Waals surface area contributed by atoms with Gasteiger partial charge in [0.2, 0.25) is 0 Å². The number of carboxylic acid groups (broad SMARTS) is 1. The number of nitrogens with zero attached hydrogens (tertiary/aromatic N) is 2. The van der Waals surface area contributed by atoms with Gasteiger partial charge in [-0.25, -0.2) is 4.39 Å².